The van der Waals surface area contributed by atoms with Gasteiger partial charge in [0.2, 0.25) is 5.88 Å². The predicted molar refractivity (Wildman–Crippen MR) is 141 cm³/mol. The van der Waals surface area contributed by atoms with Crippen molar-refractivity contribution in [3.63, 3.8) is 0 Å². The van der Waals surface area contributed by atoms with Crippen LogP contribution in [0.2, 0.25) is 0 Å². The van der Waals surface area contributed by atoms with Crippen molar-refractivity contribution in [2.24, 2.45) is 0 Å². The summed E-state index contributed by atoms with van der Waals surface area (Å²) in [6, 6.07) is 15.3. The summed E-state index contributed by atoms with van der Waals surface area (Å²) >= 11 is 0. The number of hydrogen-bond donors (Lipinski definition) is 1. The molecule has 0 saturated heterocycles. The number of nitrogens with zero attached hydrogens (tertiary/aromatic N) is 3. The van der Waals surface area contributed by atoms with Gasteiger partial charge in [-0.05, 0) is 81.6 Å². The first-order valence-corrected chi connectivity index (χ1v) is 12.7. The van der Waals surface area contributed by atoms with Crippen molar-refractivity contribution in [1.82, 2.24) is 19.7 Å². The number of hydrogen-bond acceptors (Lipinski definition) is 7. The summed E-state index contributed by atoms with van der Waals surface area (Å²) in [6.07, 6.45) is 1.72. The summed E-state index contributed by atoms with van der Waals surface area (Å²) in [7, 11) is -4.22. The molecule has 4 aromatic rings. The molecule has 3 aromatic heterocycles. The maximum absolute atomic E-state index is 13.2. The number of aryl methyl sites for hydroxylation is 5. The van der Waals surface area contributed by atoms with Gasteiger partial charge in [0.1, 0.15) is 11.3 Å². The number of amides is 1. The Morgan fingerprint density at radius 2 is 1.56 bits per heavy atom. The van der Waals surface area contributed by atoms with Gasteiger partial charge in [0.25, 0.3) is 15.9 Å². The second-order valence-corrected chi connectivity index (χ2v) is 10.3. The van der Waals surface area contributed by atoms with Crippen LogP contribution in [0.1, 0.15) is 41.2 Å². The maximum atomic E-state index is 13.2. The highest BCUT2D eigenvalue weighted by molar-refractivity contribution is 7.90. The number of sulfonamides is 1. The SMILES string of the molecule is Cc1ccc(-c2ccc(C(=O)NS(=O)(=O)c3cccc(C)n3)c(Oc3c(C)cc(C)cc3C)n2)nc1.[HH].[HH]. The Hall–Kier alpha value is -4.11. The third kappa shape index (κ3) is 5.41. The van der Waals surface area contributed by atoms with E-state index >= 15 is 0 Å². The van der Waals surface area contributed by atoms with Gasteiger partial charge >= 0.3 is 0 Å². The summed E-state index contributed by atoms with van der Waals surface area (Å²) in [5.74, 6) is -0.374. The molecule has 0 aliphatic carbocycles. The number of benzene rings is 1. The highest BCUT2D eigenvalue weighted by Gasteiger charge is 2.25. The topological polar surface area (TPSA) is 111 Å². The molecule has 0 bridgehead atoms. The fourth-order valence-electron chi connectivity index (χ4n) is 3.77. The first-order chi connectivity index (χ1) is 17.0. The molecule has 9 heteroatoms. The van der Waals surface area contributed by atoms with Crippen LogP contribution >= 0.6 is 0 Å². The Morgan fingerprint density at radius 1 is 0.861 bits per heavy atom. The number of carbonyl (C=O) groups is 1. The largest absolute Gasteiger partial charge is 0.438 e. The Bertz CT molecular complexity index is 1550. The normalized spacial score (nSPS) is 11.2. The Kier molecular flexibility index (Phi) is 6.85. The van der Waals surface area contributed by atoms with E-state index in [-0.39, 0.29) is 19.3 Å². The van der Waals surface area contributed by atoms with Crippen LogP contribution in [0.25, 0.3) is 11.4 Å². The molecular weight excluding hydrogens is 476 g/mol. The molecule has 0 aliphatic rings. The van der Waals surface area contributed by atoms with E-state index in [2.05, 4.69) is 19.7 Å². The van der Waals surface area contributed by atoms with Crippen LogP contribution in [0.5, 0.6) is 11.6 Å². The lowest BCUT2D eigenvalue weighted by Crippen LogP contribution is -2.31. The average Bonchev–Trinajstić information content (AvgIpc) is 2.81. The summed E-state index contributed by atoms with van der Waals surface area (Å²) < 4.78 is 33.9. The minimum Gasteiger partial charge on any atom is -0.438 e. The maximum Gasteiger partial charge on any atom is 0.281 e. The fourth-order valence-corrected chi connectivity index (χ4v) is 4.75. The second kappa shape index (κ2) is 9.87. The van der Waals surface area contributed by atoms with Crippen molar-refractivity contribution in [2.75, 3.05) is 0 Å². The van der Waals surface area contributed by atoms with Gasteiger partial charge in [0.05, 0.1) is 11.4 Å². The summed E-state index contributed by atoms with van der Waals surface area (Å²) in [5.41, 5.74) is 5.31. The third-order valence-corrected chi connectivity index (χ3v) is 6.68. The standard InChI is InChI=1S/C27H26N4O4S.2H2/c1-16-9-11-22(28-15-16)23-12-10-21(26(32)31-36(33,34)24-8-6-7-20(5)29-24)27(30-23)35-25-18(3)13-17(2)14-19(25)4;;/h6-15H,1-5H3,(H,31,32);2*1H. The first-order valence-electron chi connectivity index (χ1n) is 11.2. The van der Waals surface area contributed by atoms with E-state index in [0.29, 0.717) is 22.8 Å². The zero-order valence-electron chi connectivity index (χ0n) is 20.7. The number of rotatable bonds is 6. The minimum absolute atomic E-state index is 0. The van der Waals surface area contributed by atoms with E-state index in [4.69, 9.17) is 4.74 Å². The van der Waals surface area contributed by atoms with E-state index in [9.17, 15) is 13.2 Å². The molecule has 0 saturated carbocycles. The first kappa shape index (κ1) is 25.0. The van der Waals surface area contributed by atoms with Crippen molar-refractivity contribution in [3.8, 4) is 23.0 Å². The molecule has 36 heavy (non-hydrogen) atoms. The third-order valence-electron chi connectivity index (χ3n) is 5.45. The van der Waals surface area contributed by atoms with Gasteiger partial charge < -0.3 is 4.74 Å². The molecule has 1 amide bonds. The highest BCUT2D eigenvalue weighted by atomic mass is 32.2. The molecule has 0 spiro atoms. The molecule has 188 valence electrons. The van der Waals surface area contributed by atoms with Crippen molar-refractivity contribution in [2.45, 2.75) is 39.6 Å². The van der Waals surface area contributed by atoms with Crippen molar-refractivity contribution in [3.05, 3.63) is 94.3 Å². The van der Waals surface area contributed by atoms with Crippen molar-refractivity contribution >= 4 is 15.9 Å². The van der Waals surface area contributed by atoms with Gasteiger partial charge in [-0.15, -0.1) is 0 Å². The summed E-state index contributed by atoms with van der Waals surface area (Å²) in [4.78, 5) is 26.2. The van der Waals surface area contributed by atoms with Gasteiger partial charge in [-0.1, -0.05) is 29.8 Å². The lowest BCUT2D eigenvalue weighted by atomic mass is 10.1. The van der Waals surface area contributed by atoms with Gasteiger partial charge in [0.15, 0.2) is 5.03 Å². The number of nitrogens with one attached hydrogen (secondary N) is 1. The number of pyridine rings is 3. The molecule has 0 radical (unpaired) electrons. The monoisotopic (exact) mass is 506 g/mol. The Morgan fingerprint density at radius 3 is 2.19 bits per heavy atom. The van der Waals surface area contributed by atoms with E-state index in [0.717, 1.165) is 22.3 Å². The van der Waals surface area contributed by atoms with Crippen LogP contribution < -0.4 is 9.46 Å². The molecule has 0 atom stereocenters. The lowest BCUT2D eigenvalue weighted by Gasteiger charge is -2.16. The second-order valence-electron chi connectivity index (χ2n) is 8.65. The van der Waals surface area contributed by atoms with E-state index in [1.807, 2.05) is 52.0 Å². The van der Waals surface area contributed by atoms with Crippen molar-refractivity contribution in [1.29, 1.82) is 0 Å². The van der Waals surface area contributed by atoms with Crippen LogP contribution in [0.3, 0.4) is 0 Å². The molecule has 1 aromatic carbocycles. The van der Waals surface area contributed by atoms with Gasteiger partial charge in [-0.2, -0.15) is 8.42 Å². The molecule has 8 nitrogen and oxygen atoms in total. The number of ether oxygens (including phenoxy) is 1. The van der Waals surface area contributed by atoms with Crippen LogP contribution in [0.4, 0.5) is 0 Å². The molecule has 1 N–H and O–H groups in total. The Labute approximate surface area is 213 Å². The number of carbonyl (C=O) groups excluding carboxylic acids is 1. The van der Waals surface area contributed by atoms with Gasteiger partial charge in [0, 0.05) is 14.7 Å². The molecule has 3 heterocycles. The van der Waals surface area contributed by atoms with Crippen LogP contribution in [-0.4, -0.2) is 29.3 Å². The molecule has 4 rings (SSSR count). The van der Waals surface area contributed by atoms with E-state index in [1.165, 1.54) is 12.1 Å². The fraction of sp³-hybridized carbons (Fsp3) is 0.185. The van der Waals surface area contributed by atoms with E-state index < -0.39 is 15.9 Å². The molecular formula is C27H30N4O4S. The van der Waals surface area contributed by atoms with Crippen molar-refractivity contribution < 1.29 is 20.8 Å². The predicted octanol–water partition coefficient (Wildman–Crippen LogP) is 5.48. The minimum atomic E-state index is -4.22. The quantitative estimate of drug-likeness (QED) is 0.368. The zero-order valence-corrected chi connectivity index (χ0v) is 21.5. The molecule has 0 unspecified atom stereocenters. The molecule has 0 fully saturated rings. The smallest absolute Gasteiger partial charge is 0.281 e. The van der Waals surface area contributed by atoms with Crippen LogP contribution in [-0.2, 0) is 10.0 Å². The molecule has 0 aliphatic heterocycles. The summed E-state index contributed by atoms with van der Waals surface area (Å²) in [6.45, 7) is 9.37. The van der Waals surface area contributed by atoms with Crippen LogP contribution in [0.15, 0.2) is 65.8 Å². The highest BCUT2D eigenvalue weighted by Crippen LogP contribution is 2.32. The van der Waals surface area contributed by atoms with Gasteiger partial charge in [-0.25, -0.2) is 14.7 Å². The van der Waals surface area contributed by atoms with Crippen LogP contribution in [0, 0.1) is 34.6 Å². The average molecular weight is 507 g/mol. The Balaban J connectivity index is 0.00000253. The van der Waals surface area contributed by atoms with Gasteiger partial charge in [-0.3, -0.25) is 9.78 Å². The number of aromatic nitrogens is 3. The summed E-state index contributed by atoms with van der Waals surface area (Å²) in [5, 5.41) is -0.253. The lowest BCUT2D eigenvalue weighted by molar-refractivity contribution is 0.0978. The van der Waals surface area contributed by atoms with E-state index in [1.54, 1.807) is 31.3 Å². The zero-order chi connectivity index (χ0) is 26.0.